The van der Waals surface area contributed by atoms with Crippen LogP contribution >= 0.6 is 0 Å². The molecule has 0 saturated carbocycles. The Morgan fingerprint density at radius 3 is 2.38 bits per heavy atom. The molecule has 0 amide bonds. The van der Waals surface area contributed by atoms with Gasteiger partial charge in [0.05, 0.1) is 17.0 Å². The predicted octanol–water partition coefficient (Wildman–Crippen LogP) is 3.43. The van der Waals surface area contributed by atoms with Crippen LogP contribution in [0.2, 0.25) is 0 Å². The highest BCUT2D eigenvalue weighted by Crippen LogP contribution is 2.38. The summed E-state index contributed by atoms with van der Waals surface area (Å²) in [5.41, 5.74) is 0.513. The average molecular weight is 330 g/mol. The Hall–Kier alpha value is -3.42. The van der Waals surface area contributed by atoms with Crippen molar-refractivity contribution in [3.8, 4) is 11.5 Å². The molecule has 0 aliphatic rings. The van der Waals surface area contributed by atoms with Gasteiger partial charge in [-0.25, -0.2) is 0 Å². The van der Waals surface area contributed by atoms with Crippen molar-refractivity contribution in [3.63, 3.8) is 0 Å². The van der Waals surface area contributed by atoms with E-state index in [0.717, 1.165) is 11.6 Å². The molecule has 0 aliphatic carbocycles. The van der Waals surface area contributed by atoms with Gasteiger partial charge in [0.25, 0.3) is 5.69 Å². The predicted molar refractivity (Wildman–Crippen MR) is 86.5 cm³/mol. The summed E-state index contributed by atoms with van der Waals surface area (Å²) in [5.74, 6) is 0.327. The maximum absolute atomic E-state index is 11.2. The topological polar surface area (TPSA) is 105 Å². The van der Waals surface area contributed by atoms with Crippen molar-refractivity contribution in [2.75, 3.05) is 7.11 Å². The summed E-state index contributed by atoms with van der Waals surface area (Å²) in [6, 6.07) is 11.8. The first-order chi connectivity index (χ1) is 11.5. The summed E-state index contributed by atoms with van der Waals surface area (Å²) in [6.45, 7) is 0.137. The number of nitro benzene ring substituents is 1. The van der Waals surface area contributed by atoms with Crippen LogP contribution in [0.1, 0.15) is 11.1 Å². The van der Waals surface area contributed by atoms with Crippen LogP contribution in [-0.4, -0.2) is 17.0 Å². The van der Waals surface area contributed by atoms with Crippen molar-refractivity contribution >= 4 is 11.8 Å². The molecule has 0 spiro atoms. The zero-order valence-electron chi connectivity index (χ0n) is 12.7. The van der Waals surface area contributed by atoms with Gasteiger partial charge in [0.2, 0.25) is 6.20 Å². The summed E-state index contributed by atoms with van der Waals surface area (Å²) in [7, 11) is 1.39. The number of methoxy groups -OCH3 is 1. The van der Waals surface area contributed by atoms with Crippen molar-refractivity contribution in [1.82, 2.24) is 0 Å². The van der Waals surface area contributed by atoms with Gasteiger partial charge in [-0.3, -0.25) is 20.2 Å². The Morgan fingerprint density at radius 1 is 1.08 bits per heavy atom. The highest BCUT2D eigenvalue weighted by atomic mass is 16.6. The van der Waals surface area contributed by atoms with Crippen molar-refractivity contribution in [2.24, 2.45) is 0 Å². The number of nitro groups is 2. The molecule has 0 aliphatic heterocycles. The molecule has 0 fully saturated rings. The van der Waals surface area contributed by atoms with E-state index in [-0.39, 0.29) is 29.4 Å². The Labute approximate surface area is 137 Å². The van der Waals surface area contributed by atoms with Crippen LogP contribution < -0.4 is 9.47 Å². The van der Waals surface area contributed by atoms with Gasteiger partial charge in [-0.05, 0) is 11.6 Å². The van der Waals surface area contributed by atoms with Gasteiger partial charge in [0.1, 0.15) is 12.2 Å². The highest BCUT2D eigenvalue weighted by molar-refractivity contribution is 5.71. The van der Waals surface area contributed by atoms with Gasteiger partial charge in [-0.1, -0.05) is 30.3 Å². The molecule has 0 N–H and O–H groups in total. The van der Waals surface area contributed by atoms with Crippen molar-refractivity contribution in [3.05, 3.63) is 80.0 Å². The summed E-state index contributed by atoms with van der Waals surface area (Å²) < 4.78 is 10.8. The van der Waals surface area contributed by atoms with E-state index in [1.807, 2.05) is 30.3 Å². The summed E-state index contributed by atoms with van der Waals surface area (Å²) in [5, 5.41) is 21.8. The van der Waals surface area contributed by atoms with Gasteiger partial charge in [0.15, 0.2) is 11.5 Å². The molecule has 0 saturated heterocycles. The molecule has 2 aromatic carbocycles. The fourth-order valence-electron chi connectivity index (χ4n) is 2.06. The Kier molecular flexibility index (Phi) is 5.45. The Bertz CT molecular complexity index is 774. The minimum atomic E-state index is -0.704. The summed E-state index contributed by atoms with van der Waals surface area (Å²) in [4.78, 5) is 20.4. The molecule has 0 radical (unpaired) electrons. The highest BCUT2D eigenvalue weighted by Gasteiger charge is 2.22. The molecule has 0 atom stereocenters. The fourth-order valence-corrected chi connectivity index (χ4v) is 2.06. The lowest BCUT2D eigenvalue weighted by molar-refractivity contribution is -0.401. The molecule has 2 rings (SSSR count). The average Bonchev–Trinajstić information content (AvgIpc) is 2.58. The van der Waals surface area contributed by atoms with E-state index < -0.39 is 9.85 Å². The maximum Gasteiger partial charge on any atom is 0.280 e. The number of benzene rings is 2. The van der Waals surface area contributed by atoms with Crippen molar-refractivity contribution in [2.45, 2.75) is 6.61 Å². The van der Waals surface area contributed by atoms with Crippen LogP contribution in [0.4, 0.5) is 5.69 Å². The lowest BCUT2D eigenvalue weighted by atomic mass is 10.1. The number of hydrogen-bond donors (Lipinski definition) is 0. The fraction of sp³-hybridized carbons (Fsp3) is 0.125. The zero-order chi connectivity index (χ0) is 17.5. The van der Waals surface area contributed by atoms with E-state index in [2.05, 4.69) is 0 Å². The number of hydrogen-bond acceptors (Lipinski definition) is 6. The van der Waals surface area contributed by atoms with Gasteiger partial charge < -0.3 is 9.47 Å². The maximum atomic E-state index is 11.2. The van der Waals surface area contributed by atoms with Crippen LogP contribution in [0, 0.1) is 20.2 Å². The van der Waals surface area contributed by atoms with Gasteiger partial charge >= 0.3 is 0 Å². The molecule has 0 aromatic heterocycles. The molecule has 0 heterocycles. The van der Waals surface area contributed by atoms with E-state index >= 15 is 0 Å². The molecular weight excluding hydrogens is 316 g/mol. The van der Waals surface area contributed by atoms with Crippen molar-refractivity contribution in [1.29, 1.82) is 0 Å². The van der Waals surface area contributed by atoms with Crippen molar-refractivity contribution < 1.29 is 19.3 Å². The molecule has 0 bridgehead atoms. The molecule has 0 unspecified atom stereocenters. The monoisotopic (exact) mass is 330 g/mol. The number of ether oxygens (including phenoxy) is 2. The SMILES string of the molecule is COc1ccc([N+](=O)[O-])c(/C=C\[N+](=O)[O-])c1OCc1ccccc1. The molecule has 2 aromatic rings. The third-order valence-electron chi connectivity index (χ3n) is 3.14. The first-order valence-electron chi connectivity index (χ1n) is 6.86. The van der Waals surface area contributed by atoms with E-state index in [4.69, 9.17) is 9.47 Å². The second kappa shape index (κ2) is 7.73. The van der Waals surface area contributed by atoms with Crippen LogP contribution in [0.15, 0.2) is 48.7 Å². The van der Waals surface area contributed by atoms with Crippen LogP contribution in [0.5, 0.6) is 11.5 Å². The standard InChI is InChI=1S/C16H14N2O6/c1-23-15-8-7-14(18(21)22)13(9-10-17(19)20)16(15)24-11-12-5-3-2-4-6-12/h2-10H,11H2,1H3/b10-9-. The second-order valence-corrected chi connectivity index (χ2v) is 4.66. The lowest BCUT2D eigenvalue weighted by Crippen LogP contribution is -2.02. The van der Waals surface area contributed by atoms with E-state index in [0.29, 0.717) is 6.20 Å². The molecule has 8 nitrogen and oxygen atoms in total. The number of rotatable bonds is 7. The largest absolute Gasteiger partial charge is 0.493 e. The Morgan fingerprint density at radius 2 is 1.79 bits per heavy atom. The van der Waals surface area contributed by atoms with E-state index in [1.54, 1.807) is 0 Å². The molecule has 124 valence electrons. The first-order valence-corrected chi connectivity index (χ1v) is 6.86. The third kappa shape index (κ3) is 4.07. The lowest BCUT2D eigenvalue weighted by Gasteiger charge is -2.13. The van der Waals surface area contributed by atoms with E-state index in [1.165, 1.54) is 19.2 Å². The van der Waals surface area contributed by atoms with Gasteiger partial charge in [-0.15, -0.1) is 0 Å². The number of nitrogens with zero attached hydrogens (tertiary/aromatic N) is 2. The van der Waals surface area contributed by atoms with Crippen LogP contribution in [-0.2, 0) is 6.61 Å². The normalized spacial score (nSPS) is 10.5. The van der Waals surface area contributed by atoms with E-state index in [9.17, 15) is 20.2 Å². The van der Waals surface area contributed by atoms with Crippen LogP contribution in [0.3, 0.4) is 0 Å². The third-order valence-corrected chi connectivity index (χ3v) is 3.14. The molecular formula is C16H14N2O6. The van der Waals surface area contributed by atoms with Gasteiger partial charge in [-0.2, -0.15) is 0 Å². The van der Waals surface area contributed by atoms with Gasteiger partial charge in [0, 0.05) is 12.1 Å². The minimum absolute atomic E-state index is 0.0213. The smallest absolute Gasteiger partial charge is 0.280 e. The zero-order valence-corrected chi connectivity index (χ0v) is 12.7. The van der Waals surface area contributed by atoms with Crippen LogP contribution in [0.25, 0.3) is 6.08 Å². The Balaban J connectivity index is 2.46. The quantitative estimate of drug-likeness (QED) is 0.569. The second-order valence-electron chi connectivity index (χ2n) is 4.66. The molecule has 8 heteroatoms. The molecule has 24 heavy (non-hydrogen) atoms. The minimum Gasteiger partial charge on any atom is -0.493 e. The summed E-state index contributed by atoms with van der Waals surface area (Å²) >= 11 is 0. The summed E-state index contributed by atoms with van der Waals surface area (Å²) in [6.07, 6.45) is 1.65. The first kappa shape index (κ1) is 16.9.